The molecule has 4 heteroatoms. The molecule has 0 radical (unpaired) electrons. The number of ketones is 2. The third-order valence-electron chi connectivity index (χ3n) is 9.13. The third-order valence-corrected chi connectivity index (χ3v) is 9.13. The lowest BCUT2D eigenvalue weighted by Gasteiger charge is -2.66. The van der Waals surface area contributed by atoms with Crippen LogP contribution in [0.25, 0.3) is 0 Å². The zero-order chi connectivity index (χ0) is 19.3. The molecule has 0 aromatic rings. The predicted octanol–water partition coefficient (Wildman–Crippen LogP) is 3.75. The van der Waals surface area contributed by atoms with Crippen LogP contribution in [-0.2, 0) is 9.59 Å². The number of aliphatic hydroxyl groups excluding tert-OH is 2. The summed E-state index contributed by atoms with van der Waals surface area (Å²) >= 11 is 0. The summed E-state index contributed by atoms with van der Waals surface area (Å²) in [4.78, 5) is 25.2. The number of fused-ring (bicyclic) bond motifs is 5. The Kier molecular flexibility index (Phi) is 3.38. The number of carbonyl (C=O) groups excluding carboxylic acids is 2. The molecule has 4 nitrogen and oxygen atoms in total. The number of rotatable bonds is 0. The van der Waals surface area contributed by atoms with Gasteiger partial charge in [-0.25, -0.2) is 0 Å². The first kappa shape index (κ1) is 18.0. The largest absolute Gasteiger partial charge is 0.504 e. The van der Waals surface area contributed by atoms with Crippen molar-refractivity contribution in [2.24, 2.45) is 33.5 Å². The van der Waals surface area contributed by atoms with E-state index in [9.17, 15) is 19.8 Å². The number of allylic oxidation sites excluding steroid dienone is 4. The average Bonchev–Trinajstić information content (AvgIpc) is 2.74. The molecule has 0 spiro atoms. The Balaban J connectivity index is 1.88. The van der Waals surface area contributed by atoms with Crippen molar-refractivity contribution < 1.29 is 19.8 Å². The molecule has 0 aliphatic heterocycles. The highest BCUT2D eigenvalue weighted by Crippen LogP contribution is 2.71. The number of Topliss-reactive ketones (excluding diaryl/α,β-unsaturated/α-hetero) is 2. The minimum absolute atomic E-state index is 0.0394. The van der Waals surface area contributed by atoms with E-state index in [-0.39, 0.29) is 28.6 Å². The molecule has 142 valence electrons. The van der Waals surface area contributed by atoms with Crippen molar-refractivity contribution in [3.05, 3.63) is 23.5 Å². The van der Waals surface area contributed by atoms with E-state index in [1.54, 1.807) is 0 Å². The molecule has 0 aromatic carbocycles. The average molecular weight is 358 g/mol. The molecule has 2 saturated carbocycles. The van der Waals surface area contributed by atoms with Crippen molar-refractivity contribution in [3.8, 4) is 0 Å². The molecule has 2 unspecified atom stereocenters. The van der Waals surface area contributed by atoms with Crippen molar-refractivity contribution in [1.82, 2.24) is 0 Å². The molecule has 4 aliphatic carbocycles. The zero-order valence-electron chi connectivity index (χ0n) is 16.4. The number of aliphatic hydroxyl groups is 2. The van der Waals surface area contributed by atoms with Gasteiger partial charge in [0.15, 0.2) is 5.76 Å². The molecule has 0 amide bonds. The second-order valence-corrected chi connectivity index (χ2v) is 10.3. The van der Waals surface area contributed by atoms with Crippen LogP contribution in [0.5, 0.6) is 0 Å². The highest BCUT2D eigenvalue weighted by Gasteiger charge is 2.69. The maximum Gasteiger partial charge on any atom is 0.264 e. The minimum Gasteiger partial charge on any atom is -0.504 e. The van der Waals surface area contributed by atoms with Gasteiger partial charge in [-0.05, 0) is 60.7 Å². The predicted molar refractivity (Wildman–Crippen MR) is 98.4 cm³/mol. The SMILES string of the molecule is CC1(C)C(O)CC[C@@]2(C)C1CC[C@]1(C)[C@@H]2C=CC2=C(O)C(=O)C(=O)[C@]21C. The number of carbonyl (C=O) groups is 2. The quantitative estimate of drug-likeness (QED) is 0.647. The maximum atomic E-state index is 13.0. The molecule has 0 bridgehead atoms. The summed E-state index contributed by atoms with van der Waals surface area (Å²) in [6.07, 6.45) is 7.07. The standard InChI is InChI=1S/C22H30O4/c1-19(2)13-8-11-21(4)14(20(13,3)10-9-15(19)23)7-6-12-16(24)17(25)18(26)22(12,21)5/h6-7,13-15,23-24H,8-11H2,1-5H3/t13?,14-,15?,20+,21-,22+/m1/s1. The summed E-state index contributed by atoms with van der Waals surface area (Å²) in [7, 11) is 0. The second-order valence-electron chi connectivity index (χ2n) is 10.3. The van der Waals surface area contributed by atoms with Crippen molar-refractivity contribution >= 4 is 11.6 Å². The van der Waals surface area contributed by atoms with Gasteiger partial charge in [0.25, 0.3) is 5.78 Å². The summed E-state index contributed by atoms with van der Waals surface area (Å²) < 4.78 is 0. The monoisotopic (exact) mass is 358 g/mol. The highest BCUT2D eigenvalue weighted by atomic mass is 16.3. The molecular formula is C22H30O4. The zero-order valence-corrected chi connectivity index (χ0v) is 16.4. The van der Waals surface area contributed by atoms with Gasteiger partial charge in [0.2, 0.25) is 5.78 Å². The molecule has 0 saturated heterocycles. The Morgan fingerprint density at radius 2 is 1.69 bits per heavy atom. The van der Waals surface area contributed by atoms with Crippen LogP contribution in [0.2, 0.25) is 0 Å². The number of hydrogen-bond acceptors (Lipinski definition) is 4. The van der Waals surface area contributed by atoms with Crippen molar-refractivity contribution in [2.75, 3.05) is 0 Å². The summed E-state index contributed by atoms with van der Waals surface area (Å²) in [5.41, 5.74) is -1.07. The Morgan fingerprint density at radius 1 is 1.04 bits per heavy atom. The molecular weight excluding hydrogens is 328 g/mol. The lowest BCUT2D eigenvalue weighted by molar-refractivity contribution is -0.181. The van der Waals surface area contributed by atoms with Gasteiger partial charge in [0.1, 0.15) is 0 Å². The number of hydrogen-bond donors (Lipinski definition) is 2. The van der Waals surface area contributed by atoms with Gasteiger partial charge in [-0.1, -0.05) is 39.8 Å². The third kappa shape index (κ3) is 1.70. The van der Waals surface area contributed by atoms with E-state index in [4.69, 9.17) is 0 Å². The van der Waals surface area contributed by atoms with E-state index >= 15 is 0 Å². The molecule has 26 heavy (non-hydrogen) atoms. The Labute approximate surface area is 155 Å². The van der Waals surface area contributed by atoms with Gasteiger partial charge in [0, 0.05) is 5.57 Å². The van der Waals surface area contributed by atoms with Gasteiger partial charge in [-0.2, -0.15) is 0 Å². The second kappa shape index (κ2) is 4.89. The van der Waals surface area contributed by atoms with E-state index in [1.165, 1.54) is 0 Å². The fourth-order valence-electron chi connectivity index (χ4n) is 7.29. The summed E-state index contributed by atoms with van der Waals surface area (Å²) in [6.45, 7) is 10.6. The summed E-state index contributed by atoms with van der Waals surface area (Å²) in [5, 5.41) is 20.9. The molecule has 0 heterocycles. The first-order valence-electron chi connectivity index (χ1n) is 9.81. The fourth-order valence-corrected chi connectivity index (χ4v) is 7.29. The van der Waals surface area contributed by atoms with Crippen molar-refractivity contribution in [3.63, 3.8) is 0 Å². The molecule has 2 N–H and O–H groups in total. The van der Waals surface area contributed by atoms with Crippen LogP contribution in [0, 0.1) is 33.5 Å². The van der Waals surface area contributed by atoms with Crippen molar-refractivity contribution in [2.45, 2.75) is 66.4 Å². The molecule has 4 rings (SSSR count). The van der Waals surface area contributed by atoms with E-state index in [1.807, 2.05) is 13.0 Å². The lowest BCUT2D eigenvalue weighted by Crippen LogP contribution is -2.63. The normalized spacial score (nSPS) is 49.7. The highest BCUT2D eigenvalue weighted by molar-refractivity contribution is 6.48. The van der Waals surface area contributed by atoms with Crippen LogP contribution in [0.4, 0.5) is 0 Å². The van der Waals surface area contributed by atoms with E-state index in [2.05, 4.69) is 33.8 Å². The van der Waals surface area contributed by atoms with Gasteiger partial charge in [-0.3, -0.25) is 9.59 Å². The van der Waals surface area contributed by atoms with Crippen LogP contribution in [0.3, 0.4) is 0 Å². The molecule has 0 aromatic heterocycles. The van der Waals surface area contributed by atoms with Crippen LogP contribution in [-0.4, -0.2) is 27.9 Å². The first-order chi connectivity index (χ1) is 11.9. The smallest absolute Gasteiger partial charge is 0.264 e. The molecule has 2 fully saturated rings. The molecule has 4 aliphatic rings. The molecule has 6 atom stereocenters. The Hall–Kier alpha value is -1.42. The van der Waals surface area contributed by atoms with Gasteiger partial charge in [0.05, 0.1) is 11.5 Å². The Bertz CT molecular complexity index is 775. The van der Waals surface area contributed by atoms with Crippen LogP contribution in [0.1, 0.15) is 60.3 Å². The van der Waals surface area contributed by atoms with Crippen LogP contribution >= 0.6 is 0 Å². The summed E-state index contributed by atoms with van der Waals surface area (Å²) in [6, 6.07) is 0. The van der Waals surface area contributed by atoms with Crippen molar-refractivity contribution in [1.29, 1.82) is 0 Å². The van der Waals surface area contributed by atoms with Crippen LogP contribution in [0.15, 0.2) is 23.5 Å². The maximum absolute atomic E-state index is 13.0. The van der Waals surface area contributed by atoms with E-state index in [0.717, 1.165) is 25.7 Å². The van der Waals surface area contributed by atoms with Gasteiger partial charge in [-0.15, -0.1) is 0 Å². The Morgan fingerprint density at radius 3 is 2.35 bits per heavy atom. The van der Waals surface area contributed by atoms with Gasteiger partial charge < -0.3 is 10.2 Å². The van der Waals surface area contributed by atoms with E-state index < -0.39 is 22.4 Å². The van der Waals surface area contributed by atoms with E-state index in [0.29, 0.717) is 11.5 Å². The lowest BCUT2D eigenvalue weighted by atomic mass is 9.37. The summed E-state index contributed by atoms with van der Waals surface area (Å²) in [5.74, 6) is -1.06. The topological polar surface area (TPSA) is 74.6 Å². The minimum atomic E-state index is -0.957. The van der Waals surface area contributed by atoms with Gasteiger partial charge >= 0.3 is 0 Å². The fraction of sp³-hybridized carbons (Fsp3) is 0.727. The first-order valence-corrected chi connectivity index (χ1v) is 9.81. The van der Waals surface area contributed by atoms with Crippen LogP contribution < -0.4 is 0 Å².